The Morgan fingerprint density at radius 1 is 0.778 bits per heavy atom. The van der Waals surface area contributed by atoms with Crippen LogP contribution in [0.1, 0.15) is 39.0 Å². The summed E-state index contributed by atoms with van der Waals surface area (Å²) in [6.45, 7) is 12.1. The number of hydrogen-bond acceptors (Lipinski definition) is 6. The topological polar surface area (TPSA) is 51.2 Å². The van der Waals surface area contributed by atoms with E-state index in [0.29, 0.717) is 5.78 Å². The van der Waals surface area contributed by atoms with Crippen LogP contribution in [0, 0.1) is 11.8 Å². The summed E-state index contributed by atoms with van der Waals surface area (Å²) in [5, 5.41) is 0. The number of ether oxygens (including phenoxy) is 3. The number of rotatable bonds is 15. The highest BCUT2D eigenvalue weighted by Crippen LogP contribution is 2.25. The van der Waals surface area contributed by atoms with Crippen molar-refractivity contribution < 1.29 is 19.0 Å². The molecular formula is C21H40N2O4. The Labute approximate surface area is 165 Å². The van der Waals surface area contributed by atoms with Crippen molar-refractivity contribution in [3.63, 3.8) is 0 Å². The van der Waals surface area contributed by atoms with E-state index >= 15 is 0 Å². The summed E-state index contributed by atoms with van der Waals surface area (Å²) in [7, 11) is 1.72. The number of ketones is 1. The molecule has 0 saturated carbocycles. The van der Waals surface area contributed by atoms with Gasteiger partial charge in [-0.1, -0.05) is 6.92 Å². The van der Waals surface area contributed by atoms with Crippen molar-refractivity contribution in [2.24, 2.45) is 11.8 Å². The molecule has 0 aromatic rings. The minimum Gasteiger partial charge on any atom is -0.385 e. The van der Waals surface area contributed by atoms with Gasteiger partial charge in [0.2, 0.25) is 0 Å². The predicted octanol–water partition coefficient (Wildman–Crippen LogP) is 2.07. The van der Waals surface area contributed by atoms with E-state index < -0.39 is 0 Å². The van der Waals surface area contributed by atoms with Gasteiger partial charge in [0.05, 0.1) is 0 Å². The number of methoxy groups -OCH3 is 1. The normalized spacial score (nSPS) is 23.9. The quantitative estimate of drug-likeness (QED) is 0.403. The minimum atomic E-state index is 0.205. The number of nitrogens with zero attached hydrogens (tertiary/aromatic N) is 2. The number of carbonyl (C=O) groups is 1. The maximum absolute atomic E-state index is 12.5. The van der Waals surface area contributed by atoms with Crippen LogP contribution in [0.15, 0.2) is 0 Å². The second-order valence-electron chi connectivity index (χ2n) is 7.95. The zero-order valence-corrected chi connectivity index (χ0v) is 17.5. The lowest BCUT2D eigenvalue weighted by Gasteiger charge is -2.44. The van der Waals surface area contributed by atoms with Crippen LogP contribution in [0.3, 0.4) is 0 Å². The van der Waals surface area contributed by atoms with E-state index in [9.17, 15) is 4.79 Å². The number of piperidine rings is 2. The SMILES string of the molecule is CCCOCCCCN1CC2CN(CCCOCCCOC)CC(C1)C2=O. The highest BCUT2D eigenvalue weighted by atomic mass is 16.5. The summed E-state index contributed by atoms with van der Waals surface area (Å²) < 4.78 is 16.2. The van der Waals surface area contributed by atoms with Gasteiger partial charge in [-0.15, -0.1) is 0 Å². The van der Waals surface area contributed by atoms with Crippen molar-refractivity contribution >= 4 is 5.78 Å². The maximum Gasteiger partial charge on any atom is 0.144 e. The zero-order valence-electron chi connectivity index (χ0n) is 17.5. The maximum atomic E-state index is 12.5. The van der Waals surface area contributed by atoms with Crippen molar-refractivity contribution in [3.8, 4) is 0 Å². The third-order valence-electron chi connectivity index (χ3n) is 5.48. The van der Waals surface area contributed by atoms with Gasteiger partial charge in [-0.3, -0.25) is 4.79 Å². The molecule has 2 aliphatic rings. The lowest BCUT2D eigenvalue weighted by Crippen LogP contribution is -2.58. The molecule has 158 valence electrons. The Morgan fingerprint density at radius 2 is 1.33 bits per heavy atom. The second-order valence-corrected chi connectivity index (χ2v) is 7.95. The molecule has 0 aromatic heterocycles. The number of unbranched alkanes of at least 4 members (excludes halogenated alkanes) is 1. The van der Waals surface area contributed by atoms with Gasteiger partial charge in [0, 0.05) is 84.7 Å². The van der Waals surface area contributed by atoms with E-state index in [4.69, 9.17) is 14.2 Å². The van der Waals surface area contributed by atoms with Gasteiger partial charge in [0.25, 0.3) is 0 Å². The fourth-order valence-corrected chi connectivity index (χ4v) is 4.15. The molecule has 6 heteroatoms. The van der Waals surface area contributed by atoms with Crippen molar-refractivity contribution in [3.05, 3.63) is 0 Å². The van der Waals surface area contributed by atoms with Crippen LogP contribution >= 0.6 is 0 Å². The average molecular weight is 385 g/mol. The van der Waals surface area contributed by atoms with Crippen LogP contribution in [0.2, 0.25) is 0 Å². The molecule has 0 aromatic carbocycles. The van der Waals surface area contributed by atoms with Crippen LogP contribution in [-0.2, 0) is 19.0 Å². The minimum absolute atomic E-state index is 0.205. The van der Waals surface area contributed by atoms with E-state index in [1.54, 1.807) is 7.11 Å². The van der Waals surface area contributed by atoms with E-state index in [2.05, 4.69) is 16.7 Å². The van der Waals surface area contributed by atoms with E-state index in [1.807, 2.05) is 0 Å². The van der Waals surface area contributed by atoms with Gasteiger partial charge in [0.1, 0.15) is 5.78 Å². The lowest BCUT2D eigenvalue weighted by atomic mass is 9.83. The molecule has 2 fully saturated rings. The van der Waals surface area contributed by atoms with E-state index in [0.717, 1.165) is 98.0 Å². The molecule has 2 rings (SSSR count). The molecule has 2 aliphatic heterocycles. The first kappa shape index (κ1) is 22.8. The molecule has 2 atom stereocenters. The van der Waals surface area contributed by atoms with Crippen LogP contribution in [0.25, 0.3) is 0 Å². The van der Waals surface area contributed by atoms with Crippen molar-refractivity contribution in [1.29, 1.82) is 0 Å². The van der Waals surface area contributed by atoms with Crippen LogP contribution in [0.5, 0.6) is 0 Å². The molecule has 2 unspecified atom stereocenters. The first-order valence-corrected chi connectivity index (χ1v) is 10.9. The predicted molar refractivity (Wildman–Crippen MR) is 107 cm³/mol. The molecule has 0 radical (unpaired) electrons. The molecule has 0 spiro atoms. The van der Waals surface area contributed by atoms with Gasteiger partial charge in [-0.2, -0.15) is 0 Å². The fraction of sp³-hybridized carbons (Fsp3) is 0.952. The monoisotopic (exact) mass is 384 g/mol. The molecule has 2 saturated heterocycles. The highest BCUT2D eigenvalue weighted by Gasteiger charge is 2.40. The number of Topliss-reactive ketones (excluding diaryl/α,β-unsaturated/α-hetero) is 1. The lowest BCUT2D eigenvalue weighted by molar-refractivity contribution is -0.137. The molecule has 27 heavy (non-hydrogen) atoms. The number of likely N-dealkylation sites (tertiary alicyclic amines) is 2. The second kappa shape index (κ2) is 13.6. The standard InChI is InChI=1S/C21H40N2O4/c1-3-10-26-12-5-4-8-22-15-19-17-23(18-20(16-22)21(19)24)9-6-13-27-14-7-11-25-2/h19-20H,3-18H2,1-2H3. The third kappa shape index (κ3) is 8.57. The molecule has 2 heterocycles. The fourth-order valence-electron chi connectivity index (χ4n) is 4.15. The van der Waals surface area contributed by atoms with Gasteiger partial charge >= 0.3 is 0 Å². The molecular weight excluding hydrogens is 344 g/mol. The molecule has 0 aliphatic carbocycles. The summed E-state index contributed by atoms with van der Waals surface area (Å²) in [6.07, 6.45) is 5.38. The number of hydrogen-bond donors (Lipinski definition) is 0. The summed E-state index contributed by atoms with van der Waals surface area (Å²) in [5.41, 5.74) is 0. The van der Waals surface area contributed by atoms with Crippen molar-refractivity contribution in [1.82, 2.24) is 9.80 Å². The molecule has 0 amide bonds. The number of carbonyl (C=O) groups excluding carboxylic acids is 1. The van der Waals surface area contributed by atoms with Gasteiger partial charge in [-0.05, 0) is 38.6 Å². The summed E-state index contributed by atoms with van der Waals surface area (Å²) >= 11 is 0. The average Bonchev–Trinajstić information content (AvgIpc) is 2.65. The zero-order chi connectivity index (χ0) is 19.3. The van der Waals surface area contributed by atoms with Gasteiger partial charge in [-0.25, -0.2) is 0 Å². The van der Waals surface area contributed by atoms with Crippen molar-refractivity contribution in [2.45, 2.75) is 39.0 Å². The smallest absolute Gasteiger partial charge is 0.144 e. The molecule has 0 N–H and O–H groups in total. The highest BCUT2D eigenvalue weighted by molar-refractivity contribution is 5.85. The Kier molecular flexibility index (Phi) is 11.5. The largest absolute Gasteiger partial charge is 0.385 e. The first-order valence-electron chi connectivity index (χ1n) is 10.9. The summed E-state index contributed by atoms with van der Waals surface area (Å²) in [6, 6.07) is 0. The Bertz CT molecular complexity index is 390. The first-order chi connectivity index (χ1) is 13.2. The Hall–Kier alpha value is -0.530. The van der Waals surface area contributed by atoms with Crippen LogP contribution < -0.4 is 0 Å². The Morgan fingerprint density at radius 3 is 1.96 bits per heavy atom. The van der Waals surface area contributed by atoms with Crippen LogP contribution in [0.4, 0.5) is 0 Å². The number of fused-ring (bicyclic) bond motifs is 2. The van der Waals surface area contributed by atoms with Gasteiger partial charge < -0.3 is 24.0 Å². The molecule has 6 nitrogen and oxygen atoms in total. The summed E-state index contributed by atoms with van der Waals surface area (Å²) in [5.74, 6) is 0.914. The molecule has 2 bridgehead atoms. The Balaban J connectivity index is 1.58. The van der Waals surface area contributed by atoms with Crippen molar-refractivity contribution in [2.75, 3.05) is 79.4 Å². The van der Waals surface area contributed by atoms with Gasteiger partial charge in [0.15, 0.2) is 0 Å². The third-order valence-corrected chi connectivity index (χ3v) is 5.48. The van der Waals surface area contributed by atoms with Crippen LogP contribution in [-0.4, -0.2) is 95.0 Å². The summed E-state index contributed by atoms with van der Waals surface area (Å²) in [4.78, 5) is 17.5. The van der Waals surface area contributed by atoms with E-state index in [-0.39, 0.29) is 11.8 Å². The van der Waals surface area contributed by atoms with E-state index in [1.165, 1.54) is 6.42 Å².